The van der Waals surface area contributed by atoms with Gasteiger partial charge in [-0.2, -0.15) is 47.1 Å². The molecule has 24 rings (SSSR count). The summed E-state index contributed by atoms with van der Waals surface area (Å²) in [5.41, 5.74) is 9.72. The lowest BCUT2D eigenvalue weighted by molar-refractivity contribution is 0.420. The first kappa shape index (κ1) is 86.7. The van der Waals surface area contributed by atoms with Crippen molar-refractivity contribution in [3.05, 3.63) is 438 Å². The van der Waals surface area contributed by atoms with Gasteiger partial charge in [-0.3, -0.25) is 35.0 Å². The molecule has 0 radical (unpaired) electrons. The van der Waals surface area contributed by atoms with Gasteiger partial charge in [-0.15, -0.1) is 22.7 Å². The van der Waals surface area contributed by atoms with Crippen molar-refractivity contribution in [1.29, 1.82) is 0 Å². The van der Waals surface area contributed by atoms with Gasteiger partial charge in [0.25, 0.3) is 0 Å². The summed E-state index contributed by atoms with van der Waals surface area (Å²) in [6.45, 7) is 1.67. The second kappa shape index (κ2) is 59.0. The van der Waals surface area contributed by atoms with Gasteiger partial charge in [0.1, 0.15) is 12.6 Å². The first-order valence-corrected chi connectivity index (χ1v) is 38.2. The predicted octanol–water partition coefficient (Wildman–Crippen LogP) is 19.3. The Balaban J connectivity index is 0.000000156. The van der Waals surface area contributed by atoms with Crippen LogP contribution >= 0.6 is 34.0 Å². The lowest BCUT2D eigenvalue weighted by atomic mass is 10.2. The minimum atomic E-state index is 0.778. The van der Waals surface area contributed by atoms with Crippen LogP contribution in [0.5, 0.6) is 0 Å². The van der Waals surface area contributed by atoms with Gasteiger partial charge in [0, 0.05) is 177 Å². The minimum Gasteiger partial charge on any atom is -0.473 e. The third-order valence-electron chi connectivity index (χ3n) is 13.6. The molecule has 0 bridgehead atoms. The van der Waals surface area contributed by atoms with E-state index in [-0.39, 0.29) is 0 Å². The maximum absolute atomic E-state index is 4.58. The van der Waals surface area contributed by atoms with Crippen molar-refractivity contribution in [3.8, 4) is 0 Å². The number of hydrogen-bond acceptors (Lipinski definition) is 25. The molecule has 0 saturated heterocycles. The van der Waals surface area contributed by atoms with Crippen LogP contribution < -0.4 is 0 Å². The number of H-pyrrole nitrogens is 3. The van der Waals surface area contributed by atoms with Gasteiger partial charge in [-0.05, 0) is 136 Å². The van der Waals surface area contributed by atoms with Crippen LogP contribution in [0.2, 0.25) is 0 Å². The van der Waals surface area contributed by atoms with Crippen LogP contribution in [0.25, 0.3) is 59.7 Å². The third kappa shape index (κ3) is 39.1. The smallest absolute Gasteiger partial charge is 0.155 e. The van der Waals surface area contributed by atoms with Gasteiger partial charge >= 0.3 is 0 Å². The minimum absolute atomic E-state index is 0.778. The number of azo groups is 1. The van der Waals surface area contributed by atoms with E-state index in [1.165, 1.54) is 39.0 Å². The number of aliphatic imine (C=N–C) groups is 1. The number of allylic oxidation sites excluding steroid dienone is 1. The van der Waals surface area contributed by atoms with E-state index in [9.17, 15) is 0 Å². The normalized spacial score (nSPS) is 10.0. The van der Waals surface area contributed by atoms with Gasteiger partial charge in [-0.25, -0.2) is 38.9 Å². The standard InChI is InChI=1S/2C8H7N.C7H6N2.C7H5NS.3C6H5N3.C5H5N.3C4H4N2.C4H5N.C4H4O.C4H4S.C3H4N2.C3H3NO.C3H3NS/c1-2-4-8-6-9-5-7(8)3-1;1-2-4-8-7(3-1)5-6-9-8;1-2-4-7-6(3-1)5-8-9-7;1-2-4-7-6(3-1)8-5-9-7;1-3-9-4-2-8-6(9)5-7-1;1-3-7-6-2-4-8-9(6)5-1;1-2-6-7-4-5-9(6)8-3-1;1-2-4-6-5-3-1;1-2-6-4-3-5-1;1-2-5-4-6-3-1;1-2-4-6-5-3-1;5*1-2-4-5-3-1;1-2-5-3-4-1/h2*1-6,9H;1-5H,(H,8,9);4*1-5H;1-5H;3*1-4H;1-3H,4H2;2*1-4H;1-2H,3H2;2*1-3H. The largest absolute Gasteiger partial charge is 0.473 e. The highest BCUT2D eigenvalue weighted by Gasteiger charge is 1.93. The van der Waals surface area contributed by atoms with Gasteiger partial charge in [0.15, 0.2) is 16.9 Å². The Morgan fingerprint density at radius 3 is 1.59 bits per heavy atom. The fourth-order valence-corrected chi connectivity index (χ4v) is 9.88. The first-order chi connectivity index (χ1) is 58.3. The number of benzene rings is 4. The molecule has 20 heterocycles. The molecule has 4 aromatic carbocycles. The van der Waals surface area contributed by atoms with E-state index in [2.05, 4.69) is 161 Å². The van der Waals surface area contributed by atoms with Crippen molar-refractivity contribution < 1.29 is 8.94 Å². The number of aromatic amines is 3. The summed E-state index contributed by atoms with van der Waals surface area (Å²) in [4.78, 5) is 52.4. The van der Waals surface area contributed by atoms with E-state index in [0.29, 0.717) is 0 Å². The number of nitrogens with zero attached hydrogens (tertiary/aromatic N) is 23. The van der Waals surface area contributed by atoms with E-state index in [1.807, 2.05) is 239 Å². The summed E-state index contributed by atoms with van der Waals surface area (Å²) in [5, 5.41) is 43.3. The molecule has 2 aliphatic heterocycles. The van der Waals surface area contributed by atoms with Gasteiger partial charge in [0.05, 0.1) is 77.2 Å². The number of para-hydroxylation sites is 3. The Labute approximate surface area is 685 Å². The second-order valence-electron chi connectivity index (χ2n) is 21.7. The lowest BCUT2D eigenvalue weighted by Gasteiger charge is -1.86. The number of imidazole rings is 2. The van der Waals surface area contributed by atoms with E-state index in [0.717, 1.165) is 46.5 Å². The Morgan fingerprint density at radius 1 is 0.402 bits per heavy atom. The van der Waals surface area contributed by atoms with Crippen molar-refractivity contribution in [1.82, 2.24) is 114 Å². The topological polar surface area (TPSA) is 343 Å². The van der Waals surface area contributed by atoms with Crippen LogP contribution in [0, 0.1) is 0 Å². The molecule has 22 aromatic rings. The Kier molecular flexibility index (Phi) is 43.7. The average Bonchev–Trinajstić information content (AvgIpc) is 1.81. The number of fused-ring (bicyclic) bond motifs is 7. The fraction of sp³-hybridized carbons (Fsp3) is 0.0233. The van der Waals surface area contributed by atoms with Crippen LogP contribution in [0.1, 0.15) is 0 Å². The maximum atomic E-state index is 4.58. The fourth-order valence-electron chi connectivity index (χ4n) is 8.39. The molecule has 31 heteroatoms. The quantitative estimate of drug-likeness (QED) is 0.127. The summed E-state index contributed by atoms with van der Waals surface area (Å²) in [6.07, 6.45) is 63.0. The molecule has 584 valence electrons. The highest BCUT2D eigenvalue weighted by Crippen LogP contribution is 2.16. The molecule has 117 heavy (non-hydrogen) atoms. The molecule has 0 spiro atoms. The predicted molar refractivity (Wildman–Crippen MR) is 465 cm³/mol. The van der Waals surface area contributed by atoms with Crippen LogP contribution in [-0.2, 0) is 0 Å². The monoisotopic (exact) mass is 1600 g/mol. The molecule has 2 aliphatic rings. The Hall–Kier alpha value is -15.9. The molecule has 0 aliphatic carbocycles. The van der Waals surface area contributed by atoms with Crippen LogP contribution in [-0.4, -0.2) is 133 Å². The number of thiazole rings is 2. The highest BCUT2D eigenvalue weighted by atomic mass is 32.1. The van der Waals surface area contributed by atoms with Crippen molar-refractivity contribution in [2.75, 3.05) is 13.1 Å². The van der Waals surface area contributed by atoms with Gasteiger partial charge in [-0.1, -0.05) is 102 Å². The average molecular weight is 1610 g/mol. The third-order valence-corrected chi connectivity index (χ3v) is 15.6. The molecule has 18 aromatic heterocycles. The number of nitrogens with one attached hydrogen (secondary N) is 3. The molecule has 0 unspecified atom stereocenters. The molecular formula is C86H80N26O2S3. The number of furan rings is 1. The van der Waals surface area contributed by atoms with Crippen molar-refractivity contribution in [2.24, 2.45) is 15.2 Å². The van der Waals surface area contributed by atoms with Crippen molar-refractivity contribution in [3.63, 3.8) is 0 Å². The summed E-state index contributed by atoms with van der Waals surface area (Å²) in [6, 6.07) is 62.7. The van der Waals surface area contributed by atoms with E-state index in [4.69, 9.17) is 0 Å². The lowest BCUT2D eigenvalue weighted by Crippen LogP contribution is -1.85. The summed E-state index contributed by atoms with van der Waals surface area (Å²) in [5.74, 6) is 0. The first-order valence-electron chi connectivity index (χ1n) is 35.4. The van der Waals surface area contributed by atoms with Crippen LogP contribution in [0.3, 0.4) is 0 Å². The van der Waals surface area contributed by atoms with Crippen molar-refractivity contribution >= 4 is 100.0 Å². The molecule has 0 saturated carbocycles. The summed E-state index contributed by atoms with van der Waals surface area (Å²) in [7, 11) is 0. The molecule has 0 amide bonds. The second-order valence-corrected chi connectivity index (χ2v) is 24.1. The van der Waals surface area contributed by atoms with Crippen LogP contribution in [0.4, 0.5) is 0 Å². The Bertz CT molecular complexity index is 4680. The van der Waals surface area contributed by atoms with E-state index < -0.39 is 0 Å². The summed E-state index contributed by atoms with van der Waals surface area (Å²) < 4.78 is 15.5. The Morgan fingerprint density at radius 2 is 1.08 bits per heavy atom. The molecule has 0 atom stereocenters. The SMILES string of the molecule is C1=CCN=C1.C1=CN=NC1.c1ccc2[nH]ccc2c1.c1ccc2[nH]ncc2c1.c1ccc2c[nH]cc2c1.c1ccc2scnc2c1.c1ccncc1.c1ccnnc1.c1ccoc1.c1ccsc1.c1cn2ccnc2cn1.c1cnc2ccnn2c1.c1cnccn1.c1cncnc1.c1cnn2ccnc2c1.c1cnoc1.c1cscn1. The van der Waals surface area contributed by atoms with Crippen molar-refractivity contribution in [2.45, 2.75) is 0 Å². The van der Waals surface area contributed by atoms with E-state index >= 15 is 0 Å². The van der Waals surface area contributed by atoms with E-state index in [1.54, 1.807) is 203 Å². The maximum Gasteiger partial charge on any atom is 0.155 e. The zero-order valence-corrected chi connectivity index (χ0v) is 65.3. The van der Waals surface area contributed by atoms with Gasteiger partial charge in [0.2, 0.25) is 0 Å². The number of thiophene rings is 1. The number of rotatable bonds is 0. The number of aromatic nitrogens is 23. The molecule has 28 nitrogen and oxygen atoms in total. The summed E-state index contributed by atoms with van der Waals surface area (Å²) >= 11 is 4.99. The zero-order valence-electron chi connectivity index (χ0n) is 62.9. The van der Waals surface area contributed by atoms with Crippen LogP contribution in [0.15, 0.2) is 462 Å². The number of pyridine rings is 1. The van der Waals surface area contributed by atoms with Gasteiger partial charge < -0.3 is 23.3 Å². The molecular weight excluding hydrogens is 1530 g/mol. The zero-order chi connectivity index (χ0) is 80.9. The highest BCUT2D eigenvalue weighted by molar-refractivity contribution is 7.16. The molecule has 0 fully saturated rings. The molecule has 3 N–H and O–H groups in total. The number of hydrogen-bond donors (Lipinski definition) is 3.